The number of hydrogen-bond donors (Lipinski definition) is 2. The van der Waals surface area contributed by atoms with Gasteiger partial charge in [-0.1, -0.05) is 40.5 Å². The number of hydrogen-bond acceptors (Lipinski definition) is 3. The molecule has 164 valence electrons. The molecule has 0 aromatic heterocycles. The minimum absolute atomic E-state index is 0.0916. The molecular weight excluding hydrogens is 458 g/mol. The number of unbranched alkanes of at least 4 members (excludes halogenated alkanes) is 1. The zero-order valence-corrected chi connectivity index (χ0v) is 19.1. The molecule has 2 N–H and O–H groups in total. The lowest BCUT2D eigenvalue weighted by molar-refractivity contribution is -0.136. The second kappa shape index (κ2) is 11.6. The Hall–Kier alpha value is -2.67. The summed E-state index contributed by atoms with van der Waals surface area (Å²) in [5.74, 6) is -0.701. The van der Waals surface area contributed by atoms with Crippen molar-refractivity contribution < 1.29 is 14.4 Å². The number of carbonyl (C=O) groups excluding carboxylic acids is 3. The number of halogens is 1. The predicted octanol–water partition coefficient (Wildman–Crippen LogP) is 4.23. The van der Waals surface area contributed by atoms with Crippen LogP contribution in [0.5, 0.6) is 0 Å². The Balaban J connectivity index is 1.34. The van der Waals surface area contributed by atoms with Gasteiger partial charge in [0.05, 0.1) is 0 Å². The Morgan fingerprint density at radius 3 is 2.45 bits per heavy atom. The molecule has 1 atom stereocenters. The highest BCUT2D eigenvalue weighted by Gasteiger charge is 2.24. The summed E-state index contributed by atoms with van der Waals surface area (Å²) in [5, 5.41) is 5.25. The normalized spacial score (nSPS) is 15.9. The molecule has 7 heteroatoms. The first kappa shape index (κ1) is 23.0. The summed E-state index contributed by atoms with van der Waals surface area (Å²) in [6.45, 7) is 2.05. The predicted molar refractivity (Wildman–Crippen MR) is 125 cm³/mol. The standard InChI is InChI=1S/C24H28BrN3O3/c25-20-13-11-19(12-14-20)24(31)28-16-6-8-18(17-28)7-4-5-15-26-22(29)23(30)27-21-9-2-1-3-10-21/h1-3,9-14,18H,4-8,15-17H2,(H,26,29)(H,27,30)/t18-/m0/s1. The van der Waals surface area contributed by atoms with Crippen LogP contribution in [0.2, 0.25) is 0 Å². The third-order valence-corrected chi connectivity index (χ3v) is 5.99. The Bertz CT molecular complexity index is 887. The van der Waals surface area contributed by atoms with Crippen molar-refractivity contribution in [2.75, 3.05) is 25.0 Å². The van der Waals surface area contributed by atoms with E-state index in [1.807, 2.05) is 35.2 Å². The zero-order chi connectivity index (χ0) is 22.1. The number of nitrogens with one attached hydrogen (secondary N) is 2. The van der Waals surface area contributed by atoms with Crippen molar-refractivity contribution in [2.45, 2.75) is 32.1 Å². The third-order valence-electron chi connectivity index (χ3n) is 5.46. The van der Waals surface area contributed by atoms with Gasteiger partial charge in [0.15, 0.2) is 0 Å². The highest BCUT2D eigenvalue weighted by atomic mass is 79.9. The fraction of sp³-hybridized carbons (Fsp3) is 0.375. The zero-order valence-electron chi connectivity index (χ0n) is 17.5. The average Bonchev–Trinajstić information content (AvgIpc) is 2.79. The van der Waals surface area contributed by atoms with Crippen molar-refractivity contribution in [1.82, 2.24) is 10.2 Å². The summed E-state index contributed by atoms with van der Waals surface area (Å²) in [6.07, 6.45) is 4.91. The van der Waals surface area contributed by atoms with Crippen LogP contribution in [0, 0.1) is 5.92 Å². The van der Waals surface area contributed by atoms with Crippen molar-refractivity contribution in [2.24, 2.45) is 5.92 Å². The fourth-order valence-electron chi connectivity index (χ4n) is 3.81. The van der Waals surface area contributed by atoms with Gasteiger partial charge in [0, 0.05) is 35.4 Å². The lowest BCUT2D eigenvalue weighted by Crippen LogP contribution is -2.40. The van der Waals surface area contributed by atoms with Gasteiger partial charge in [-0.3, -0.25) is 14.4 Å². The van der Waals surface area contributed by atoms with E-state index in [4.69, 9.17) is 0 Å². The number of carbonyl (C=O) groups is 3. The summed E-state index contributed by atoms with van der Waals surface area (Å²) in [5.41, 5.74) is 1.32. The lowest BCUT2D eigenvalue weighted by Gasteiger charge is -2.33. The van der Waals surface area contributed by atoms with Crippen LogP contribution < -0.4 is 10.6 Å². The SMILES string of the molecule is O=C(NCCCC[C@H]1CCCN(C(=O)c2ccc(Br)cc2)C1)C(=O)Nc1ccccc1. The van der Waals surface area contributed by atoms with Crippen LogP contribution in [0.25, 0.3) is 0 Å². The molecule has 1 saturated heterocycles. The molecule has 3 rings (SSSR count). The maximum absolute atomic E-state index is 12.7. The van der Waals surface area contributed by atoms with Crippen LogP contribution in [-0.2, 0) is 9.59 Å². The van der Waals surface area contributed by atoms with Gasteiger partial charge >= 0.3 is 11.8 Å². The smallest absolute Gasteiger partial charge is 0.313 e. The molecule has 0 saturated carbocycles. The van der Waals surface area contributed by atoms with E-state index in [2.05, 4.69) is 26.6 Å². The number of para-hydroxylation sites is 1. The second-order valence-electron chi connectivity index (χ2n) is 7.84. The second-order valence-corrected chi connectivity index (χ2v) is 8.75. The van der Waals surface area contributed by atoms with Crippen LogP contribution in [0.1, 0.15) is 42.5 Å². The van der Waals surface area contributed by atoms with E-state index in [0.717, 1.165) is 55.2 Å². The number of benzene rings is 2. The summed E-state index contributed by atoms with van der Waals surface area (Å²) in [7, 11) is 0. The van der Waals surface area contributed by atoms with Gasteiger partial charge in [0.2, 0.25) is 0 Å². The van der Waals surface area contributed by atoms with Crippen LogP contribution in [0.15, 0.2) is 59.1 Å². The molecule has 3 amide bonds. The van der Waals surface area contributed by atoms with Gasteiger partial charge in [-0.05, 0) is 68.0 Å². The molecule has 2 aromatic carbocycles. The molecule has 0 aliphatic carbocycles. The number of anilines is 1. The molecule has 1 heterocycles. The van der Waals surface area contributed by atoms with Crippen molar-refractivity contribution >= 4 is 39.3 Å². The maximum Gasteiger partial charge on any atom is 0.313 e. The molecule has 0 bridgehead atoms. The van der Waals surface area contributed by atoms with Crippen LogP contribution in [-0.4, -0.2) is 42.3 Å². The molecule has 6 nitrogen and oxygen atoms in total. The van der Waals surface area contributed by atoms with Crippen molar-refractivity contribution in [3.8, 4) is 0 Å². The number of nitrogens with zero attached hydrogens (tertiary/aromatic N) is 1. The summed E-state index contributed by atoms with van der Waals surface area (Å²) in [4.78, 5) is 38.5. The van der Waals surface area contributed by atoms with Gasteiger partial charge in [-0.15, -0.1) is 0 Å². The molecular formula is C24H28BrN3O3. The molecule has 31 heavy (non-hydrogen) atoms. The maximum atomic E-state index is 12.7. The number of likely N-dealkylation sites (tertiary alicyclic amines) is 1. The fourth-order valence-corrected chi connectivity index (χ4v) is 4.07. The van der Waals surface area contributed by atoms with Crippen LogP contribution in [0.3, 0.4) is 0 Å². The molecule has 1 aliphatic rings. The van der Waals surface area contributed by atoms with Gasteiger partial charge in [-0.25, -0.2) is 0 Å². The lowest BCUT2D eigenvalue weighted by atomic mass is 9.92. The quantitative estimate of drug-likeness (QED) is 0.454. The first-order valence-corrected chi connectivity index (χ1v) is 11.5. The number of rotatable bonds is 7. The van der Waals surface area contributed by atoms with Gasteiger partial charge < -0.3 is 15.5 Å². The molecule has 0 spiro atoms. The van der Waals surface area contributed by atoms with Gasteiger partial charge in [0.25, 0.3) is 5.91 Å². The van der Waals surface area contributed by atoms with Crippen molar-refractivity contribution in [3.63, 3.8) is 0 Å². The van der Waals surface area contributed by atoms with E-state index in [1.54, 1.807) is 24.3 Å². The molecule has 0 radical (unpaired) electrons. The highest BCUT2D eigenvalue weighted by molar-refractivity contribution is 9.10. The molecule has 2 aromatic rings. The van der Waals surface area contributed by atoms with Gasteiger partial charge in [0.1, 0.15) is 0 Å². The van der Waals surface area contributed by atoms with E-state index < -0.39 is 11.8 Å². The van der Waals surface area contributed by atoms with Crippen molar-refractivity contribution in [1.29, 1.82) is 0 Å². The summed E-state index contributed by atoms with van der Waals surface area (Å²) < 4.78 is 0.963. The summed E-state index contributed by atoms with van der Waals surface area (Å²) in [6, 6.07) is 16.4. The first-order chi connectivity index (χ1) is 15.0. The average molecular weight is 486 g/mol. The largest absolute Gasteiger partial charge is 0.348 e. The van der Waals surface area contributed by atoms with Gasteiger partial charge in [-0.2, -0.15) is 0 Å². The van der Waals surface area contributed by atoms with E-state index in [-0.39, 0.29) is 5.91 Å². The monoisotopic (exact) mass is 485 g/mol. The van der Waals surface area contributed by atoms with Crippen LogP contribution in [0.4, 0.5) is 5.69 Å². The number of piperidine rings is 1. The minimum atomic E-state index is -0.652. The summed E-state index contributed by atoms with van der Waals surface area (Å²) >= 11 is 3.40. The highest BCUT2D eigenvalue weighted by Crippen LogP contribution is 2.23. The Morgan fingerprint density at radius 2 is 1.71 bits per heavy atom. The van der Waals surface area contributed by atoms with Crippen molar-refractivity contribution in [3.05, 3.63) is 64.6 Å². The minimum Gasteiger partial charge on any atom is -0.348 e. The molecule has 1 fully saturated rings. The van der Waals surface area contributed by atoms with E-state index >= 15 is 0 Å². The third kappa shape index (κ3) is 7.21. The number of amides is 3. The first-order valence-electron chi connectivity index (χ1n) is 10.7. The van der Waals surface area contributed by atoms with E-state index in [9.17, 15) is 14.4 Å². The topological polar surface area (TPSA) is 78.5 Å². The molecule has 0 unspecified atom stereocenters. The Kier molecular flexibility index (Phi) is 8.64. The van der Waals surface area contributed by atoms with E-state index in [1.165, 1.54) is 0 Å². The van der Waals surface area contributed by atoms with Crippen LogP contribution >= 0.6 is 15.9 Å². The van der Waals surface area contributed by atoms with E-state index in [0.29, 0.717) is 18.2 Å². The molecule has 1 aliphatic heterocycles. The Morgan fingerprint density at radius 1 is 0.968 bits per heavy atom. The Labute approximate surface area is 191 Å².